The number of benzene rings is 1. The van der Waals surface area contributed by atoms with Gasteiger partial charge in [-0.1, -0.05) is 18.2 Å². The molecule has 0 radical (unpaired) electrons. The molecular weight excluding hydrogens is 251 g/mol. The minimum Gasteiger partial charge on any atom is -0.296 e. The lowest BCUT2D eigenvalue weighted by molar-refractivity contribution is -0.137. The van der Waals surface area contributed by atoms with E-state index in [0.717, 1.165) is 31.1 Å². The van der Waals surface area contributed by atoms with Crippen molar-refractivity contribution in [1.82, 2.24) is 4.90 Å². The topological polar surface area (TPSA) is 3.24 Å². The fourth-order valence-corrected chi connectivity index (χ4v) is 2.59. The van der Waals surface area contributed by atoms with Crippen molar-refractivity contribution in [1.29, 1.82) is 0 Å². The molecule has 0 amide bonds. The third-order valence-corrected chi connectivity index (χ3v) is 3.89. The molecule has 102 valence electrons. The second-order valence-corrected chi connectivity index (χ2v) is 5.28. The predicted octanol–water partition coefficient (Wildman–Crippen LogP) is 3.96. The van der Waals surface area contributed by atoms with E-state index in [-0.39, 0.29) is 0 Å². The van der Waals surface area contributed by atoms with E-state index in [9.17, 15) is 13.2 Å². The molecule has 19 heavy (non-hydrogen) atoms. The van der Waals surface area contributed by atoms with Gasteiger partial charge in [0.1, 0.15) is 0 Å². The monoisotopic (exact) mass is 267 g/mol. The summed E-state index contributed by atoms with van der Waals surface area (Å²) in [5, 5.41) is 0. The largest absolute Gasteiger partial charge is 0.416 e. The van der Waals surface area contributed by atoms with Gasteiger partial charge < -0.3 is 0 Å². The van der Waals surface area contributed by atoms with Crippen LogP contribution in [0, 0.1) is 0 Å². The predicted molar refractivity (Wildman–Crippen MR) is 68.6 cm³/mol. The summed E-state index contributed by atoms with van der Waals surface area (Å²) < 4.78 is 37.5. The summed E-state index contributed by atoms with van der Waals surface area (Å²) in [5.41, 5.74) is 1.52. The first-order chi connectivity index (χ1) is 9.04. The van der Waals surface area contributed by atoms with Gasteiger partial charge in [-0.3, -0.25) is 4.90 Å². The normalized spacial score (nSPS) is 21.3. The van der Waals surface area contributed by atoms with Crippen molar-refractivity contribution in [3.8, 4) is 0 Å². The SMILES string of the molecule is FC(F)(F)c1ccc(C2=CCN(C3CC3)CC2)cc1. The number of hydrogen-bond donors (Lipinski definition) is 0. The van der Waals surface area contributed by atoms with Crippen molar-refractivity contribution in [2.75, 3.05) is 13.1 Å². The summed E-state index contributed by atoms with van der Waals surface area (Å²) in [4.78, 5) is 2.45. The smallest absolute Gasteiger partial charge is 0.296 e. The summed E-state index contributed by atoms with van der Waals surface area (Å²) in [6.07, 6.45) is 1.43. The lowest BCUT2D eigenvalue weighted by Crippen LogP contribution is -2.30. The van der Waals surface area contributed by atoms with Crippen molar-refractivity contribution < 1.29 is 13.2 Å². The Morgan fingerprint density at radius 1 is 1.05 bits per heavy atom. The van der Waals surface area contributed by atoms with Crippen LogP contribution < -0.4 is 0 Å². The van der Waals surface area contributed by atoms with Crippen molar-refractivity contribution in [3.63, 3.8) is 0 Å². The minimum absolute atomic E-state index is 0.577. The van der Waals surface area contributed by atoms with Crippen molar-refractivity contribution in [2.45, 2.75) is 31.5 Å². The highest BCUT2D eigenvalue weighted by Crippen LogP contribution is 2.33. The maximum absolute atomic E-state index is 12.5. The number of hydrogen-bond acceptors (Lipinski definition) is 1. The molecule has 0 saturated heterocycles. The van der Waals surface area contributed by atoms with Crippen LogP contribution in [0.3, 0.4) is 0 Å². The van der Waals surface area contributed by atoms with Crippen LogP contribution in [0.2, 0.25) is 0 Å². The van der Waals surface area contributed by atoms with Crippen LogP contribution in [0.25, 0.3) is 5.57 Å². The van der Waals surface area contributed by atoms with Crippen molar-refractivity contribution in [2.24, 2.45) is 0 Å². The highest BCUT2D eigenvalue weighted by molar-refractivity contribution is 5.66. The lowest BCUT2D eigenvalue weighted by atomic mass is 9.98. The fraction of sp³-hybridized carbons (Fsp3) is 0.467. The lowest BCUT2D eigenvalue weighted by Gasteiger charge is -2.26. The molecule has 1 heterocycles. The molecule has 0 aromatic heterocycles. The van der Waals surface area contributed by atoms with E-state index in [1.807, 2.05) is 0 Å². The number of halogens is 3. The fourth-order valence-electron chi connectivity index (χ4n) is 2.59. The first kappa shape index (κ1) is 12.7. The van der Waals surface area contributed by atoms with Gasteiger partial charge >= 0.3 is 6.18 Å². The zero-order valence-electron chi connectivity index (χ0n) is 10.6. The van der Waals surface area contributed by atoms with Crippen LogP contribution in [-0.4, -0.2) is 24.0 Å². The molecule has 2 aliphatic rings. The second-order valence-electron chi connectivity index (χ2n) is 5.28. The van der Waals surface area contributed by atoms with Crippen LogP contribution in [0.5, 0.6) is 0 Å². The molecule has 4 heteroatoms. The molecule has 0 N–H and O–H groups in total. The maximum Gasteiger partial charge on any atom is 0.416 e. The number of rotatable bonds is 2. The minimum atomic E-state index is -4.25. The first-order valence-electron chi connectivity index (χ1n) is 6.65. The summed E-state index contributed by atoms with van der Waals surface area (Å²) >= 11 is 0. The Balaban J connectivity index is 1.72. The van der Waals surface area contributed by atoms with E-state index in [0.29, 0.717) is 0 Å². The van der Waals surface area contributed by atoms with Gasteiger partial charge in [-0.05, 0) is 42.5 Å². The molecular formula is C15H16F3N. The van der Waals surface area contributed by atoms with Gasteiger partial charge in [0.15, 0.2) is 0 Å². The van der Waals surface area contributed by atoms with E-state index < -0.39 is 11.7 Å². The molecule has 1 aromatic rings. The van der Waals surface area contributed by atoms with E-state index in [2.05, 4.69) is 11.0 Å². The van der Waals surface area contributed by atoms with Gasteiger partial charge in [-0.15, -0.1) is 0 Å². The third kappa shape index (κ3) is 2.84. The van der Waals surface area contributed by atoms with Crippen molar-refractivity contribution in [3.05, 3.63) is 41.5 Å². The average molecular weight is 267 g/mol. The Kier molecular flexibility index (Phi) is 3.13. The quantitative estimate of drug-likeness (QED) is 0.784. The highest BCUT2D eigenvalue weighted by atomic mass is 19.4. The molecule has 0 spiro atoms. The number of nitrogens with zero attached hydrogens (tertiary/aromatic N) is 1. The van der Waals surface area contributed by atoms with Crippen LogP contribution >= 0.6 is 0 Å². The van der Waals surface area contributed by atoms with Gasteiger partial charge in [0.2, 0.25) is 0 Å². The van der Waals surface area contributed by atoms with E-state index in [1.54, 1.807) is 12.1 Å². The van der Waals surface area contributed by atoms with E-state index in [4.69, 9.17) is 0 Å². The first-order valence-corrected chi connectivity index (χ1v) is 6.65. The molecule has 1 nitrogen and oxygen atoms in total. The van der Waals surface area contributed by atoms with E-state index in [1.165, 1.54) is 30.5 Å². The van der Waals surface area contributed by atoms with Gasteiger partial charge in [-0.2, -0.15) is 13.2 Å². The molecule has 3 rings (SSSR count). The van der Waals surface area contributed by atoms with Gasteiger partial charge in [0.05, 0.1) is 5.56 Å². The summed E-state index contributed by atoms with van der Waals surface area (Å²) in [5.74, 6) is 0. The Labute approximate surface area is 110 Å². The molecule has 1 aliphatic carbocycles. The summed E-state index contributed by atoms with van der Waals surface area (Å²) in [6, 6.07) is 6.26. The summed E-state index contributed by atoms with van der Waals surface area (Å²) in [6.45, 7) is 1.96. The van der Waals surface area contributed by atoms with E-state index >= 15 is 0 Å². The summed E-state index contributed by atoms with van der Waals surface area (Å²) in [7, 11) is 0. The molecule has 0 bridgehead atoms. The maximum atomic E-state index is 12.5. The Bertz CT molecular complexity index is 483. The molecule has 1 aliphatic heterocycles. The van der Waals surface area contributed by atoms with Crippen LogP contribution in [0.1, 0.15) is 30.4 Å². The third-order valence-electron chi connectivity index (χ3n) is 3.89. The Hall–Kier alpha value is -1.29. The van der Waals surface area contributed by atoms with Crippen molar-refractivity contribution >= 4 is 5.57 Å². The standard InChI is InChI=1S/C15H16F3N/c16-15(17,18)13-3-1-11(2-4-13)12-7-9-19(10-8-12)14-5-6-14/h1-4,7,14H,5-6,8-10H2. The van der Waals surface area contributed by atoms with Crippen LogP contribution in [0.15, 0.2) is 30.3 Å². The molecule has 0 unspecified atom stereocenters. The molecule has 1 aromatic carbocycles. The Morgan fingerprint density at radius 3 is 2.21 bits per heavy atom. The highest BCUT2D eigenvalue weighted by Gasteiger charge is 2.31. The van der Waals surface area contributed by atoms with Gasteiger partial charge in [-0.25, -0.2) is 0 Å². The average Bonchev–Trinajstić information content (AvgIpc) is 3.22. The molecule has 1 fully saturated rings. The van der Waals surface area contributed by atoms with Gasteiger partial charge in [0.25, 0.3) is 0 Å². The molecule has 0 atom stereocenters. The van der Waals surface area contributed by atoms with Crippen LogP contribution in [0.4, 0.5) is 13.2 Å². The second kappa shape index (κ2) is 4.67. The molecule has 1 saturated carbocycles. The van der Waals surface area contributed by atoms with Crippen LogP contribution in [-0.2, 0) is 6.18 Å². The van der Waals surface area contributed by atoms with Gasteiger partial charge in [0, 0.05) is 19.1 Å². The number of alkyl halides is 3. The Morgan fingerprint density at radius 2 is 1.74 bits per heavy atom. The zero-order valence-corrected chi connectivity index (χ0v) is 10.6. The zero-order chi connectivity index (χ0) is 13.5.